The molecule has 0 aromatic carbocycles. The zero-order chi connectivity index (χ0) is 18.5. The number of primary amides is 1. The lowest BCUT2D eigenvalue weighted by molar-refractivity contribution is -0.108. The molecule has 1 atom stereocenters. The number of aromatic nitrogens is 3. The molecule has 0 saturated heterocycles. The Morgan fingerprint density at radius 2 is 2.23 bits per heavy atom. The first-order valence-electron chi connectivity index (χ1n) is 7.78. The molecule has 0 bridgehead atoms. The second-order valence-corrected chi connectivity index (χ2v) is 6.29. The third kappa shape index (κ3) is 3.76. The van der Waals surface area contributed by atoms with Gasteiger partial charge in [0.2, 0.25) is 5.95 Å². The van der Waals surface area contributed by atoms with Crippen molar-refractivity contribution in [2.45, 2.75) is 12.5 Å². The third-order valence-electron chi connectivity index (χ3n) is 3.66. The summed E-state index contributed by atoms with van der Waals surface area (Å²) in [7, 11) is 0. The number of fused-ring (bicyclic) bond motifs is 1. The van der Waals surface area contributed by atoms with Crippen LogP contribution in [-0.4, -0.2) is 39.7 Å². The molecule has 0 unspecified atom stereocenters. The monoisotopic (exact) mass is 371 g/mol. The first kappa shape index (κ1) is 17.7. The quantitative estimate of drug-likeness (QED) is 0.432. The SMILES string of the molecule is NC[C@@H](CC=O)Nc1ncc(C(N)=O)c(Nc2csc3ncccc23)n1. The van der Waals surface area contributed by atoms with E-state index in [9.17, 15) is 9.59 Å². The highest BCUT2D eigenvalue weighted by molar-refractivity contribution is 7.17. The van der Waals surface area contributed by atoms with Crippen molar-refractivity contribution in [2.24, 2.45) is 11.5 Å². The molecule has 0 aliphatic rings. The second kappa shape index (κ2) is 7.85. The van der Waals surface area contributed by atoms with Crippen LogP contribution >= 0.6 is 11.3 Å². The number of rotatable bonds is 8. The predicted molar refractivity (Wildman–Crippen MR) is 101 cm³/mol. The van der Waals surface area contributed by atoms with Gasteiger partial charge in [-0.25, -0.2) is 9.97 Å². The van der Waals surface area contributed by atoms with Crippen LogP contribution in [0.1, 0.15) is 16.8 Å². The largest absolute Gasteiger partial charge is 0.365 e. The number of hydrogen-bond acceptors (Lipinski definition) is 9. The van der Waals surface area contributed by atoms with Gasteiger partial charge in [-0.1, -0.05) is 0 Å². The Bertz CT molecular complexity index is 943. The van der Waals surface area contributed by atoms with Gasteiger partial charge in [-0.3, -0.25) is 4.79 Å². The van der Waals surface area contributed by atoms with E-state index in [0.717, 1.165) is 22.2 Å². The van der Waals surface area contributed by atoms with E-state index < -0.39 is 5.91 Å². The molecule has 9 nitrogen and oxygen atoms in total. The van der Waals surface area contributed by atoms with E-state index in [1.165, 1.54) is 17.5 Å². The Morgan fingerprint density at radius 1 is 1.38 bits per heavy atom. The molecule has 6 N–H and O–H groups in total. The zero-order valence-corrected chi connectivity index (χ0v) is 14.5. The minimum Gasteiger partial charge on any atom is -0.365 e. The maximum atomic E-state index is 11.7. The number of nitrogens with two attached hydrogens (primary N) is 2. The molecule has 0 aliphatic carbocycles. The summed E-state index contributed by atoms with van der Waals surface area (Å²) in [6.07, 6.45) is 4.04. The lowest BCUT2D eigenvalue weighted by Crippen LogP contribution is -2.30. The first-order chi connectivity index (χ1) is 12.6. The Balaban J connectivity index is 1.94. The fourth-order valence-corrected chi connectivity index (χ4v) is 3.17. The van der Waals surface area contributed by atoms with Crippen LogP contribution < -0.4 is 22.1 Å². The number of thiophene rings is 1. The van der Waals surface area contributed by atoms with Crippen LogP contribution in [0.3, 0.4) is 0 Å². The number of aldehydes is 1. The Labute approximate surface area is 152 Å². The van der Waals surface area contributed by atoms with E-state index in [2.05, 4.69) is 25.6 Å². The van der Waals surface area contributed by atoms with Gasteiger partial charge in [-0.05, 0) is 12.1 Å². The van der Waals surface area contributed by atoms with Crippen molar-refractivity contribution in [3.8, 4) is 0 Å². The van der Waals surface area contributed by atoms with E-state index in [4.69, 9.17) is 11.5 Å². The number of carbonyl (C=O) groups excluding carboxylic acids is 2. The van der Waals surface area contributed by atoms with Crippen LogP contribution in [0.4, 0.5) is 17.5 Å². The van der Waals surface area contributed by atoms with Crippen molar-refractivity contribution in [2.75, 3.05) is 17.2 Å². The summed E-state index contributed by atoms with van der Waals surface area (Å²) in [4.78, 5) is 36.0. The van der Waals surface area contributed by atoms with Crippen LogP contribution in [0.2, 0.25) is 0 Å². The van der Waals surface area contributed by atoms with Gasteiger partial charge < -0.3 is 26.9 Å². The summed E-state index contributed by atoms with van der Waals surface area (Å²) < 4.78 is 0. The second-order valence-electron chi connectivity index (χ2n) is 5.43. The van der Waals surface area contributed by atoms with E-state index in [1.54, 1.807) is 6.20 Å². The van der Waals surface area contributed by atoms with Gasteiger partial charge in [0.1, 0.15) is 22.5 Å². The number of nitrogens with one attached hydrogen (secondary N) is 2. The fraction of sp³-hybridized carbons (Fsp3) is 0.188. The van der Waals surface area contributed by atoms with Crippen molar-refractivity contribution in [1.29, 1.82) is 0 Å². The van der Waals surface area contributed by atoms with Crippen LogP contribution in [-0.2, 0) is 4.79 Å². The fourth-order valence-electron chi connectivity index (χ4n) is 2.33. The number of pyridine rings is 1. The molecule has 10 heteroatoms. The van der Waals surface area contributed by atoms with Crippen molar-refractivity contribution < 1.29 is 9.59 Å². The molecule has 3 aromatic rings. The molecule has 134 valence electrons. The van der Waals surface area contributed by atoms with E-state index >= 15 is 0 Å². The molecular weight excluding hydrogens is 354 g/mol. The molecule has 3 heterocycles. The van der Waals surface area contributed by atoms with Gasteiger partial charge >= 0.3 is 0 Å². The van der Waals surface area contributed by atoms with Crippen molar-refractivity contribution in [3.05, 3.63) is 35.5 Å². The topological polar surface area (TPSA) is 149 Å². The molecule has 3 rings (SSSR count). The minimum absolute atomic E-state index is 0.151. The van der Waals surface area contributed by atoms with E-state index in [0.29, 0.717) is 0 Å². The third-order valence-corrected chi connectivity index (χ3v) is 4.56. The van der Waals surface area contributed by atoms with E-state index in [-0.39, 0.29) is 36.3 Å². The number of nitrogens with zero attached hydrogens (tertiary/aromatic N) is 3. The maximum Gasteiger partial charge on any atom is 0.254 e. The van der Waals surface area contributed by atoms with Crippen molar-refractivity contribution in [1.82, 2.24) is 15.0 Å². The highest BCUT2D eigenvalue weighted by atomic mass is 32.1. The molecule has 0 saturated carbocycles. The number of amides is 1. The van der Waals surface area contributed by atoms with Crippen LogP contribution in [0.5, 0.6) is 0 Å². The number of anilines is 3. The van der Waals surface area contributed by atoms with Gasteiger partial charge in [-0.2, -0.15) is 4.98 Å². The summed E-state index contributed by atoms with van der Waals surface area (Å²) in [5.74, 6) is -0.145. The normalized spacial score (nSPS) is 11.9. The average Bonchev–Trinajstić information content (AvgIpc) is 3.04. The highest BCUT2D eigenvalue weighted by Crippen LogP contribution is 2.31. The van der Waals surface area contributed by atoms with Gasteiger partial charge in [0.15, 0.2) is 0 Å². The van der Waals surface area contributed by atoms with E-state index in [1.807, 2.05) is 17.5 Å². The van der Waals surface area contributed by atoms with Crippen molar-refractivity contribution >= 4 is 51.2 Å². The Kier molecular flexibility index (Phi) is 5.34. The van der Waals surface area contributed by atoms with Crippen molar-refractivity contribution in [3.63, 3.8) is 0 Å². The molecule has 0 aliphatic heterocycles. The molecular formula is C16H17N7O2S. The van der Waals surface area contributed by atoms with Gasteiger partial charge in [0.25, 0.3) is 5.91 Å². The summed E-state index contributed by atoms with van der Waals surface area (Å²) in [5, 5.41) is 8.88. The van der Waals surface area contributed by atoms with Gasteiger partial charge in [-0.15, -0.1) is 11.3 Å². The lowest BCUT2D eigenvalue weighted by atomic mass is 10.2. The summed E-state index contributed by atoms with van der Waals surface area (Å²) in [6.45, 7) is 0.239. The number of carbonyl (C=O) groups is 2. The predicted octanol–water partition coefficient (Wildman–Crippen LogP) is 1.26. The molecule has 26 heavy (non-hydrogen) atoms. The standard InChI is InChI=1S/C16H17N7O2S/c17-6-9(3-5-24)21-16-20-7-11(13(18)25)14(23-16)22-12-8-26-15-10(12)2-1-4-19-15/h1-2,4-5,7-9H,3,6,17H2,(H2,18,25)(H2,20,21,22,23)/t9-/m1/s1. The minimum atomic E-state index is -0.653. The van der Waals surface area contributed by atoms with Crippen LogP contribution in [0.15, 0.2) is 29.9 Å². The molecule has 0 radical (unpaired) electrons. The van der Waals surface area contributed by atoms with Gasteiger partial charge in [0, 0.05) is 42.2 Å². The summed E-state index contributed by atoms with van der Waals surface area (Å²) >= 11 is 1.47. The first-order valence-corrected chi connectivity index (χ1v) is 8.66. The molecule has 0 fully saturated rings. The smallest absolute Gasteiger partial charge is 0.254 e. The lowest BCUT2D eigenvalue weighted by Gasteiger charge is -2.15. The van der Waals surface area contributed by atoms with Crippen LogP contribution in [0.25, 0.3) is 10.2 Å². The molecule has 1 amide bonds. The van der Waals surface area contributed by atoms with Crippen LogP contribution in [0, 0.1) is 0 Å². The Morgan fingerprint density at radius 3 is 2.96 bits per heavy atom. The maximum absolute atomic E-state index is 11.7. The number of hydrogen-bond donors (Lipinski definition) is 4. The highest BCUT2D eigenvalue weighted by Gasteiger charge is 2.16. The average molecular weight is 371 g/mol. The summed E-state index contributed by atoms with van der Waals surface area (Å²) in [5.41, 5.74) is 12.0. The zero-order valence-electron chi connectivity index (χ0n) is 13.7. The summed E-state index contributed by atoms with van der Waals surface area (Å²) in [6, 6.07) is 3.44. The Hall–Kier alpha value is -3.11. The molecule has 0 spiro atoms. The van der Waals surface area contributed by atoms with Gasteiger partial charge in [0.05, 0.1) is 5.69 Å². The molecule has 3 aromatic heterocycles.